The minimum atomic E-state index is -0.408. The monoisotopic (exact) mass is 392 g/mol. The van der Waals surface area contributed by atoms with Gasteiger partial charge in [0.05, 0.1) is 25.5 Å². The highest BCUT2D eigenvalue weighted by atomic mass is 19.1. The molecule has 0 saturated carbocycles. The van der Waals surface area contributed by atoms with Gasteiger partial charge in [0.1, 0.15) is 11.6 Å². The van der Waals surface area contributed by atoms with Crippen LogP contribution in [0, 0.1) is 5.82 Å². The number of carbonyl (C=O) groups excluding carboxylic acids is 1. The maximum Gasteiger partial charge on any atom is 0.277 e. The number of benzene rings is 2. The predicted octanol–water partition coefficient (Wildman–Crippen LogP) is 3.99. The first-order valence-corrected chi connectivity index (χ1v) is 8.80. The van der Waals surface area contributed by atoms with Crippen LogP contribution < -0.4 is 10.1 Å². The van der Waals surface area contributed by atoms with Crippen molar-refractivity contribution < 1.29 is 18.4 Å². The van der Waals surface area contributed by atoms with E-state index in [-0.39, 0.29) is 11.5 Å². The molecule has 29 heavy (non-hydrogen) atoms. The minimum Gasteiger partial charge on any atom is -0.497 e. The van der Waals surface area contributed by atoms with Gasteiger partial charge in [0, 0.05) is 17.8 Å². The van der Waals surface area contributed by atoms with Crippen molar-refractivity contribution in [1.29, 1.82) is 0 Å². The van der Waals surface area contributed by atoms with Crippen LogP contribution in [0.1, 0.15) is 16.1 Å². The van der Waals surface area contributed by atoms with Gasteiger partial charge in [-0.1, -0.05) is 17.3 Å². The highest BCUT2D eigenvalue weighted by Gasteiger charge is 2.15. The molecule has 0 bridgehead atoms. The molecule has 4 aromatic rings. The molecule has 0 atom stereocenters. The molecule has 2 aromatic carbocycles. The van der Waals surface area contributed by atoms with Crippen molar-refractivity contribution >= 4 is 11.6 Å². The number of rotatable bonds is 6. The SMILES string of the molecule is COc1ccc(-c2cc(C(=O)Nc3cnn(Cc4ccc(F)cc4)c3)no2)cc1. The lowest BCUT2D eigenvalue weighted by molar-refractivity contribution is 0.101. The Hall–Kier alpha value is -3.94. The van der Waals surface area contributed by atoms with Gasteiger partial charge in [-0.05, 0) is 42.0 Å². The highest BCUT2D eigenvalue weighted by Crippen LogP contribution is 2.23. The largest absolute Gasteiger partial charge is 0.497 e. The Morgan fingerprint density at radius 2 is 1.93 bits per heavy atom. The topological polar surface area (TPSA) is 82.2 Å². The van der Waals surface area contributed by atoms with E-state index >= 15 is 0 Å². The molecule has 1 amide bonds. The van der Waals surface area contributed by atoms with Crippen molar-refractivity contribution in [2.24, 2.45) is 0 Å². The average molecular weight is 392 g/mol. The van der Waals surface area contributed by atoms with E-state index in [2.05, 4.69) is 15.6 Å². The van der Waals surface area contributed by atoms with Crippen LogP contribution in [0.5, 0.6) is 5.75 Å². The second kappa shape index (κ2) is 7.97. The zero-order valence-corrected chi connectivity index (χ0v) is 15.5. The Morgan fingerprint density at radius 1 is 1.17 bits per heavy atom. The van der Waals surface area contributed by atoms with Gasteiger partial charge in [-0.15, -0.1) is 0 Å². The standard InChI is InChI=1S/C21H17FN4O3/c1-28-18-8-4-15(5-9-18)20-10-19(25-29-20)21(27)24-17-11-23-26(13-17)12-14-2-6-16(22)7-3-14/h2-11,13H,12H2,1H3,(H,24,27). The number of halogens is 1. The van der Waals surface area contributed by atoms with Crippen LogP contribution in [0.25, 0.3) is 11.3 Å². The zero-order chi connectivity index (χ0) is 20.2. The summed E-state index contributed by atoms with van der Waals surface area (Å²) in [5.74, 6) is 0.507. The summed E-state index contributed by atoms with van der Waals surface area (Å²) in [5.41, 5.74) is 2.35. The summed E-state index contributed by atoms with van der Waals surface area (Å²) in [5, 5.41) is 10.8. The summed E-state index contributed by atoms with van der Waals surface area (Å²) in [6, 6.07) is 15.0. The highest BCUT2D eigenvalue weighted by molar-refractivity contribution is 6.03. The number of methoxy groups -OCH3 is 1. The number of hydrogen-bond donors (Lipinski definition) is 1. The smallest absolute Gasteiger partial charge is 0.277 e. The summed E-state index contributed by atoms with van der Waals surface area (Å²) in [6.07, 6.45) is 3.22. The van der Waals surface area contributed by atoms with Crippen LogP contribution in [0.4, 0.5) is 10.1 Å². The average Bonchev–Trinajstić information content (AvgIpc) is 3.40. The number of nitrogens with zero attached hydrogens (tertiary/aromatic N) is 3. The summed E-state index contributed by atoms with van der Waals surface area (Å²) < 4.78 is 25.0. The summed E-state index contributed by atoms with van der Waals surface area (Å²) in [4.78, 5) is 12.4. The first-order chi connectivity index (χ1) is 14.1. The van der Waals surface area contributed by atoms with Crippen LogP contribution in [-0.2, 0) is 6.54 Å². The number of hydrogen-bond acceptors (Lipinski definition) is 5. The molecule has 0 saturated heterocycles. The van der Waals surface area contributed by atoms with Gasteiger partial charge < -0.3 is 14.6 Å². The molecule has 7 nitrogen and oxygen atoms in total. The Labute approximate surface area is 165 Å². The molecular formula is C21H17FN4O3. The minimum absolute atomic E-state index is 0.155. The Balaban J connectivity index is 1.41. The maximum absolute atomic E-state index is 13.0. The van der Waals surface area contributed by atoms with Gasteiger partial charge in [0.2, 0.25) is 0 Å². The van der Waals surface area contributed by atoms with Crippen molar-refractivity contribution in [1.82, 2.24) is 14.9 Å². The zero-order valence-electron chi connectivity index (χ0n) is 15.5. The van der Waals surface area contributed by atoms with Crippen molar-refractivity contribution in [2.45, 2.75) is 6.54 Å². The van der Waals surface area contributed by atoms with Crippen molar-refractivity contribution in [3.63, 3.8) is 0 Å². The van der Waals surface area contributed by atoms with Crippen LogP contribution in [0.15, 0.2) is 71.5 Å². The normalized spacial score (nSPS) is 10.7. The Morgan fingerprint density at radius 3 is 2.66 bits per heavy atom. The third kappa shape index (κ3) is 4.32. The van der Waals surface area contributed by atoms with E-state index < -0.39 is 5.91 Å². The lowest BCUT2D eigenvalue weighted by Crippen LogP contribution is -2.11. The second-order valence-electron chi connectivity index (χ2n) is 6.31. The molecule has 2 heterocycles. The second-order valence-corrected chi connectivity index (χ2v) is 6.31. The number of aromatic nitrogens is 3. The molecular weight excluding hydrogens is 375 g/mol. The van der Waals surface area contributed by atoms with E-state index in [9.17, 15) is 9.18 Å². The van der Waals surface area contributed by atoms with Crippen LogP contribution in [0.2, 0.25) is 0 Å². The van der Waals surface area contributed by atoms with Gasteiger partial charge in [-0.2, -0.15) is 5.10 Å². The third-order valence-electron chi connectivity index (χ3n) is 4.27. The van der Waals surface area contributed by atoms with E-state index in [1.807, 2.05) is 12.1 Å². The number of amides is 1. The van der Waals surface area contributed by atoms with Gasteiger partial charge >= 0.3 is 0 Å². The number of anilines is 1. The molecule has 146 valence electrons. The molecule has 0 radical (unpaired) electrons. The number of carbonyl (C=O) groups is 1. The van der Waals surface area contributed by atoms with Crippen molar-refractivity contribution in [2.75, 3.05) is 12.4 Å². The fraction of sp³-hybridized carbons (Fsp3) is 0.0952. The lowest BCUT2D eigenvalue weighted by atomic mass is 10.1. The maximum atomic E-state index is 13.0. The quantitative estimate of drug-likeness (QED) is 0.537. The third-order valence-corrected chi connectivity index (χ3v) is 4.27. The predicted molar refractivity (Wildman–Crippen MR) is 104 cm³/mol. The van der Waals surface area contributed by atoms with Crippen molar-refractivity contribution in [3.05, 3.63) is 84.1 Å². The fourth-order valence-electron chi connectivity index (χ4n) is 2.76. The molecule has 0 unspecified atom stereocenters. The van der Waals surface area contributed by atoms with E-state index in [4.69, 9.17) is 9.26 Å². The molecule has 0 spiro atoms. The van der Waals surface area contributed by atoms with Gasteiger partial charge in [-0.25, -0.2) is 4.39 Å². The number of ether oxygens (including phenoxy) is 1. The Bertz CT molecular complexity index is 1120. The van der Waals surface area contributed by atoms with Crippen LogP contribution in [0.3, 0.4) is 0 Å². The van der Waals surface area contributed by atoms with E-state index in [0.29, 0.717) is 18.0 Å². The summed E-state index contributed by atoms with van der Waals surface area (Å²) in [6.45, 7) is 0.460. The van der Waals surface area contributed by atoms with Gasteiger partial charge in [-0.3, -0.25) is 9.48 Å². The molecule has 1 N–H and O–H groups in total. The van der Waals surface area contributed by atoms with E-state index in [1.54, 1.807) is 48.3 Å². The molecule has 0 aliphatic rings. The molecule has 8 heteroatoms. The van der Waals surface area contributed by atoms with E-state index in [0.717, 1.165) is 16.9 Å². The molecule has 0 aliphatic heterocycles. The van der Waals surface area contributed by atoms with Crippen LogP contribution in [-0.4, -0.2) is 28.0 Å². The molecule has 4 rings (SSSR count). The van der Waals surface area contributed by atoms with E-state index in [1.165, 1.54) is 18.3 Å². The fourth-order valence-corrected chi connectivity index (χ4v) is 2.76. The molecule has 2 aromatic heterocycles. The molecule has 0 fully saturated rings. The van der Waals surface area contributed by atoms with Crippen molar-refractivity contribution in [3.8, 4) is 17.1 Å². The van der Waals surface area contributed by atoms with Gasteiger partial charge in [0.25, 0.3) is 5.91 Å². The first-order valence-electron chi connectivity index (χ1n) is 8.80. The van der Waals surface area contributed by atoms with Gasteiger partial charge in [0.15, 0.2) is 11.5 Å². The first kappa shape index (κ1) is 18.4. The molecule has 0 aliphatic carbocycles. The lowest BCUT2D eigenvalue weighted by Gasteiger charge is -2.01. The Kier molecular flexibility index (Phi) is 5.07. The summed E-state index contributed by atoms with van der Waals surface area (Å²) in [7, 11) is 1.59. The number of nitrogens with one attached hydrogen (secondary N) is 1. The summed E-state index contributed by atoms with van der Waals surface area (Å²) >= 11 is 0. The van der Waals surface area contributed by atoms with Crippen LogP contribution >= 0.6 is 0 Å².